The van der Waals surface area contributed by atoms with Crippen LogP contribution in [0.5, 0.6) is 0 Å². The number of aromatic nitrogens is 4. The Balaban J connectivity index is 2.12. The van der Waals surface area contributed by atoms with E-state index in [2.05, 4.69) is 30.6 Å². The summed E-state index contributed by atoms with van der Waals surface area (Å²) >= 11 is 1.62. The number of nitrogens with one attached hydrogen (secondary N) is 2. The molecule has 2 heterocycles. The Bertz CT molecular complexity index is 552. The summed E-state index contributed by atoms with van der Waals surface area (Å²) in [5, 5.41) is 9.12. The van der Waals surface area contributed by atoms with Crippen molar-refractivity contribution in [1.82, 2.24) is 19.9 Å². The van der Waals surface area contributed by atoms with Crippen molar-refractivity contribution in [3.05, 3.63) is 16.1 Å². The van der Waals surface area contributed by atoms with Crippen LogP contribution in [-0.4, -0.2) is 41.1 Å². The molecular formula is C11H17N7S. The van der Waals surface area contributed by atoms with Gasteiger partial charge in [-0.3, -0.25) is 0 Å². The zero-order valence-electron chi connectivity index (χ0n) is 11.4. The summed E-state index contributed by atoms with van der Waals surface area (Å²) in [6, 6.07) is 0. The predicted octanol–water partition coefficient (Wildman–Crippen LogP) is 1.36. The predicted molar refractivity (Wildman–Crippen MR) is 77.9 cm³/mol. The van der Waals surface area contributed by atoms with Gasteiger partial charge in [-0.25, -0.2) is 4.98 Å². The zero-order valence-corrected chi connectivity index (χ0v) is 12.2. The Kier molecular flexibility index (Phi) is 4.10. The van der Waals surface area contributed by atoms with E-state index in [4.69, 9.17) is 0 Å². The SMILES string of the molecule is CNc1nc(NCc2nc(C)cs2)nc(N(C)C)n1. The van der Waals surface area contributed by atoms with Crippen LogP contribution in [0.3, 0.4) is 0 Å². The molecule has 19 heavy (non-hydrogen) atoms. The van der Waals surface area contributed by atoms with Crippen LogP contribution in [0.15, 0.2) is 5.38 Å². The molecule has 0 aromatic carbocycles. The van der Waals surface area contributed by atoms with Gasteiger partial charge in [-0.05, 0) is 6.92 Å². The highest BCUT2D eigenvalue weighted by molar-refractivity contribution is 7.09. The highest BCUT2D eigenvalue weighted by Crippen LogP contribution is 2.13. The van der Waals surface area contributed by atoms with Crippen molar-refractivity contribution in [1.29, 1.82) is 0 Å². The molecule has 2 aromatic rings. The summed E-state index contributed by atoms with van der Waals surface area (Å²) in [6.07, 6.45) is 0. The minimum Gasteiger partial charge on any atom is -0.357 e. The van der Waals surface area contributed by atoms with Crippen molar-refractivity contribution in [3.8, 4) is 0 Å². The van der Waals surface area contributed by atoms with Crippen molar-refractivity contribution >= 4 is 29.2 Å². The van der Waals surface area contributed by atoms with Gasteiger partial charge >= 0.3 is 0 Å². The van der Waals surface area contributed by atoms with Gasteiger partial charge in [0.2, 0.25) is 17.8 Å². The third-order valence-corrected chi connectivity index (χ3v) is 3.28. The second kappa shape index (κ2) is 5.79. The van der Waals surface area contributed by atoms with Gasteiger partial charge < -0.3 is 15.5 Å². The van der Waals surface area contributed by atoms with E-state index in [0.717, 1.165) is 10.7 Å². The van der Waals surface area contributed by atoms with Crippen LogP contribution < -0.4 is 15.5 Å². The van der Waals surface area contributed by atoms with Crippen LogP contribution >= 0.6 is 11.3 Å². The molecule has 0 aliphatic carbocycles. The minimum absolute atomic E-state index is 0.538. The first-order valence-electron chi connectivity index (χ1n) is 5.84. The van der Waals surface area contributed by atoms with Gasteiger partial charge in [-0.2, -0.15) is 15.0 Å². The lowest BCUT2D eigenvalue weighted by atomic mass is 10.6. The third kappa shape index (κ3) is 3.50. The molecule has 102 valence electrons. The van der Waals surface area contributed by atoms with Crippen molar-refractivity contribution in [2.24, 2.45) is 0 Å². The van der Waals surface area contributed by atoms with E-state index < -0.39 is 0 Å². The van der Waals surface area contributed by atoms with E-state index in [1.54, 1.807) is 18.4 Å². The third-order valence-electron chi connectivity index (χ3n) is 2.31. The summed E-state index contributed by atoms with van der Waals surface area (Å²) in [7, 11) is 5.56. The summed E-state index contributed by atoms with van der Waals surface area (Å²) in [5.41, 5.74) is 1.03. The number of thiazole rings is 1. The average molecular weight is 279 g/mol. The van der Waals surface area contributed by atoms with Crippen LogP contribution in [0.2, 0.25) is 0 Å². The number of hydrogen-bond acceptors (Lipinski definition) is 8. The maximum absolute atomic E-state index is 4.38. The fourth-order valence-corrected chi connectivity index (χ4v) is 2.11. The molecule has 0 saturated heterocycles. The molecule has 0 spiro atoms. The first-order chi connectivity index (χ1) is 9.08. The van der Waals surface area contributed by atoms with E-state index in [9.17, 15) is 0 Å². The van der Waals surface area contributed by atoms with Crippen molar-refractivity contribution in [3.63, 3.8) is 0 Å². The lowest BCUT2D eigenvalue weighted by Crippen LogP contribution is -2.16. The Morgan fingerprint density at radius 3 is 2.47 bits per heavy atom. The molecule has 0 unspecified atom stereocenters. The number of anilines is 3. The molecule has 8 heteroatoms. The van der Waals surface area contributed by atoms with Crippen LogP contribution in [0, 0.1) is 6.92 Å². The van der Waals surface area contributed by atoms with Gasteiger partial charge in [-0.1, -0.05) is 0 Å². The van der Waals surface area contributed by atoms with E-state index >= 15 is 0 Å². The quantitative estimate of drug-likeness (QED) is 0.855. The molecular weight excluding hydrogens is 262 g/mol. The van der Waals surface area contributed by atoms with Crippen LogP contribution in [0.25, 0.3) is 0 Å². The standard InChI is InChI=1S/C11H17N7S/c1-7-6-19-8(14-7)5-13-10-15-9(12-2)16-11(17-10)18(3)4/h6H,5H2,1-4H3,(H2,12,13,15,16,17). The highest BCUT2D eigenvalue weighted by Gasteiger charge is 2.07. The smallest absolute Gasteiger partial charge is 0.231 e. The Morgan fingerprint density at radius 2 is 1.89 bits per heavy atom. The molecule has 7 nitrogen and oxygen atoms in total. The van der Waals surface area contributed by atoms with Crippen LogP contribution in [0.4, 0.5) is 17.8 Å². The molecule has 0 fully saturated rings. The molecule has 0 amide bonds. The average Bonchev–Trinajstić information content (AvgIpc) is 2.81. The van der Waals surface area contributed by atoms with Gasteiger partial charge in [0.1, 0.15) is 5.01 Å². The number of hydrogen-bond donors (Lipinski definition) is 2. The maximum Gasteiger partial charge on any atom is 0.231 e. The van der Waals surface area contributed by atoms with Gasteiger partial charge in [-0.15, -0.1) is 11.3 Å². The molecule has 0 atom stereocenters. The van der Waals surface area contributed by atoms with E-state index in [-0.39, 0.29) is 0 Å². The van der Waals surface area contributed by atoms with Gasteiger partial charge in [0.05, 0.1) is 6.54 Å². The maximum atomic E-state index is 4.38. The molecule has 0 saturated carbocycles. The normalized spacial score (nSPS) is 10.3. The Morgan fingerprint density at radius 1 is 1.16 bits per heavy atom. The van der Waals surface area contributed by atoms with E-state index in [1.807, 2.05) is 31.3 Å². The first kappa shape index (κ1) is 13.5. The van der Waals surface area contributed by atoms with Crippen LogP contribution in [0.1, 0.15) is 10.7 Å². The van der Waals surface area contributed by atoms with Gasteiger partial charge in [0.15, 0.2) is 0 Å². The molecule has 0 bridgehead atoms. The minimum atomic E-state index is 0.538. The fourth-order valence-electron chi connectivity index (χ4n) is 1.39. The Labute approximate surface area is 116 Å². The Hall–Kier alpha value is -1.96. The van der Waals surface area contributed by atoms with Gasteiger partial charge in [0, 0.05) is 32.2 Å². The lowest BCUT2D eigenvalue weighted by Gasteiger charge is -2.12. The molecule has 0 radical (unpaired) electrons. The summed E-state index contributed by atoms with van der Waals surface area (Å²) in [4.78, 5) is 19.1. The topological polar surface area (TPSA) is 78.9 Å². The van der Waals surface area contributed by atoms with Crippen molar-refractivity contribution in [2.75, 3.05) is 36.7 Å². The second-order valence-corrected chi connectivity index (χ2v) is 5.11. The molecule has 0 aliphatic rings. The molecule has 2 aromatic heterocycles. The van der Waals surface area contributed by atoms with Crippen molar-refractivity contribution < 1.29 is 0 Å². The molecule has 2 N–H and O–H groups in total. The first-order valence-corrected chi connectivity index (χ1v) is 6.72. The summed E-state index contributed by atoms with van der Waals surface area (Å²) < 4.78 is 0. The summed E-state index contributed by atoms with van der Waals surface area (Å²) in [5.74, 6) is 1.68. The summed E-state index contributed by atoms with van der Waals surface area (Å²) in [6.45, 7) is 2.59. The number of rotatable bonds is 5. The molecule has 2 rings (SSSR count). The highest BCUT2D eigenvalue weighted by atomic mass is 32.1. The number of aryl methyl sites for hydroxylation is 1. The fraction of sp³-hybridized carbons (Fsp3) is 0.455. The monoisotopic (exact) mass is 279 g/mol. The van der Waals surface area contributed by atoms with Crippen LogP contribution in [-0.2, 0) is 6.54 Å². The second-order valence-electron chi connectivity index (χ2n) is 4.16. The molecule has 0 aliphatic heterocycles. The largest absolute Gasteiger partial charge is 0.357 e. The van der Waals surface area contributed by atoms with Gasteiger partial charge in [0.25, 0.3) is 0 Å². The lowest BCUT2D eigenvalue weighted by molar-refractivity contribution is 0.940. The van der Waals surface area contributed by atoms with E-state index in [0.29, 0.717) is 24.4 Å². The zero-order chi connectivity index (χ0) is 13.8. The van der Waals surface area contributed by atoms with Crippen molar-refractivity contribution in [2.45, 2.75) is 13.5 Å². The number of nitrogens with zero attached hydrogens (tertiary/aromatic N) is 5. The van der Waals surface area contributed by atoms with E-state index in [1.165, 1.54) is 0 Å².